The summed E-state index contributed by atoms with van der Waals surface area (Å²) in [5.41, 5.74) is -0.106. The van der Waals surface area contributed by atoms with Crippen molar-refractivity contribution in [2.24, 2.45) is 35.5 Å². The van der Waals surface area contributed by atoms with E-state index in [1.54, 1.807) is 0 Å². The summed E-state index contributed by atoms with van der Waals surface area (Å²) in [5, 5.41) is 11.0. The number of rotatable bonds is 2. The van der Waals surface area contributed by atoms with E-state index in [-0.39, 0.29) is 5.62 Å². The maximum atomic E-state index is 6.53. The average Bonchev–Trinajstić information content (AvgIpc) is 2.52. The lowest BCUT2D eigenvalue weighted by Crippen LogP contribution is -2.70. The molecule has 0 aromatic heterocycles. The minimum absolute atomic E-state index is 0.106. The van der Waals surface area contributed by atoms with Crippen molar-refractivity contribution >= 4 is 11.6 Å². The molecule has 0 spiro atoms. The zero-order chi connectivity index (χ0) is 16.6. The zero-order valence-corrected chi connectivity index (χ0v) is 16.1. The van der Waals surface area contributed by atoms with E-state index >= 15 is 0 Å². The van der Waals surface area contributed by atoms with Gasteiger partial charge in [-0.05, 0) is 54.8 Å². The minimum atomic E-state index is -0.106. The van der Waals surface area contributed by atoms with Gasteiger partial charge >= 0.3 is 0 Å². The van der Waals surface area contributed by atoms with Gasteiger partial charge in [-0.3, -0.25) is 16.0 Å². The molecule has 0 aromatic carbocycles. The van der Waals surface area contributed by atoms with Crippen molar-refractivity contribution in [3.8, 4) is 0 Å². The summed E-state index contributed by atoms with van der Waals surface area (Å²) in [6, 6.07) is 0. The summed E-state index contributed by atoms with van der Waals surface area (Å²) in [6.07, 6.45) is 8.78. The maximum Gasteiger partial charge on any atom is 0.137 e. The van der Waals surface area contributed by atoms with Crippen molar-refractivity contribution in [1.82, 2.24) is 16.0 Å². The molecule has 3 rings (SSSR count). The molecule has 2 aliphatic carbocycles. The number of hydrogen-bond acceptors (Lipinski definition) is 3. The molecular formula is C19H36ClN3. The van der Waals surface area contributed by atoms with E-state index in [0.717, 1.165) is 23.7 Å². The van der Waals surface area contributed by atoms with E-state index in [1.807, 2.05) is 0 Å². The van der Waals surface area contributed by atoms with Crippen LogP contribution in [0, 0.1) is 35.5 Å². The van der Waals surface area contributed by atoms with Gasteiger partial charge < -0.3 is 0 Å². The second-order valence-corrected chi connectivity index (χ2v) is 9.21. The lowest BCUT2D eigenvalue weighted by atomic mass is 9.71. The lowest BCUT2D eigenvalue weighted by molar-refractivity contribution is 0.0576. The highest BCUT2D eigenvalue weighted by atomic mass is 35.5. The Kier molecular flexibility index (Phi) is 5.94. The molecule has 1 heterocycles. The SMILES string of the molecule is CC1CCC(C2NC(Cl)NC(C3CCCC(C)C3C)N2)CC1C. The highest BCUT2D eigenvalue weighted by Crippen LogP contribution is 2.38. The third kappa shape index (κ3) is 4.05. The van der Waals surface area contributed by atoms with Crippen LogP contribution in [0.3, 0.4) is 0 Å². The number of alkyl halides is 1. The van der Waals surface area contributed by atoms with Crippen molar-refractivity contribution in [3.63, 3.8) is 0 Å². The number of nitrogens with one attached hydrogen (secondary N) is 3. The molecular weight excluding hydrogens is 306 g/mol. The van der Waals surface area contributed by atoms with Crippen LogP contribution < -0.4 is 16.0 Å². The van der Waals surface area contributed by atoms with E-state index < -0.39 is 0 Å². The Balaban J connectivity index is 1.65. The van der Waals surface area contributed by atoms with Crippen molar-refractivity contribution in [2.75, 3.05) is 0 Å². The fourth-order valence-electron chi connectivity index (χ4n) is 5.16. The molecule has 0 aromatic rings. The molecule has 3 nitrogen and oxygen atoms in total. The monoisotopic (exact) mass is 341 g/mol. The van der Waals surface area contributed by atoms with E-state index in [2.05, 4.69) is 43.6 Å². The van der Waals surface area contributed by atoms with Crippen LogP contribution in [0.25, 0.3) is 0 Å². The van der Waals surface area contributed by atoms with Gasteiger partial charge in [0.1, 0.15) is 5.62 Å². The Morgan fingerprint density at radius 2 is 1.48 bits per heavy atom. The Morgan fingerprint density at radius 1 is 0.739 bits per heavy atom. The second-order valence-electron chi connectivity index (χ2n) is 8.78. The predicted molar refractivity (Wildman–Crippen MR) is 98.0 cm³/mol. The molecule has 3 aliphatic rings. The molecule has 23 heavy (non-hydrogen) atoms. The molecule has 1 aliphatic heterocycles. The van der Waals surface area contributed by atoms with Crippen LogP contribution in [-0.4, -0.2) is 18.0 Å². The van der Waals surface area contributed by atoms with Gasteiger partial charge in [0.15, 0.2) is 0 Å². The molecule has 0 amide bonds. The summed E-state index contributed by atoms with van der Waals surface area (Å²) in [7, 11) is 0. The molecule has 3 N–H and O–H groups in total. The molecule has 9 unspecified atom stereocenters. The lowest BCUT2D eigenvalue weighted by Gasteiger charge is -2.48. The van der Waals surface area contributed by atoms with E-state index in [4.69, 9.17) is 11.6 Å². The molecule has 0 radical (unpaired) electrons. The first kappa shape index (κ1) is 18.0. The Labute approximate surface area is 147 Å². The van der Waals surface area contributed by atoms with Crippen LogP contribution in [0.5, 0.6) is 0 Å². The topological polar surface area (TPSA) is 36.1 Å². The average molecular weight is 342 g/mol. The molecule has 1 saturated heterocycles. The Morgan fingerprint density at radius 3 is 2.22 bits per heavy atom. The van der Waals surface area contributed by atoms with Gasteiger partial charge in [-0.2, -0.15) is 0 Å². The van der Waals surface area contributed by atoms with Crippen LogP contribution >= 0.6 is 11.6 Å². The molecule has 2 saturated carbocycles. The second kappa shape index (κ2) is 7.59. The van der Waals surface area contributed by atoms with E-state index in [9.17, 15) is 0 Å². The van der Waals surface area contributed by atoms with Gasteiger partial charge in [-0.25, -0.2) is 0 Å². The molecule has 4 heteroatoms. The third-order valence-corrected chi connectivity index (χ3v) is 7.57. The van der Waals surface area contributed by atoms with Gasteiger partial charge in [-0.15, -0.1) is 0 Å². The number of hydrogen-bond donors (Lipinski definition) is 3. The molecule has 3 fully saturated rings. The fourth-order valence-corrected chi connectivity index (χ4v) is 5.43. The predicted octanol–water partition coefficient (Wildman–Crippen LogP) is 4.09. The van der Waals surface area contributed by atoms with Crippen molar-refractivity contribution in [1.29, 1.82) is 0 Å². The van der Waals surface area contributed by atoms with Crippen molar-refractivity contribution in [3.05, 3.63) is 0 Å². The van der Waals surface area contributed by atoms with Crippen LogP contribution in [-0.2, 0) is 0 Å². The smallest absolute Gasteiger partial charge is 0.137 e. The quantitative estimate of drug-likeness (QED) is 0.523. The van der Waals surface area contributed by atoms with E-state index in [0.29, 0.717) is 24.2 Å². The summed E-state index contributed by atoms with van der Waals surface area (Å²) < 4.78 is 0. The largest absolute Gasteiger partial charge is 0.286 e. The van der Waals surface area contributed by atoms with Gasteiger partial charge in [0.05, 0.1) is 12.3 Å². The fraction of sp³-hybridized carbons (Fsp3) is 1.00. The van der Waals surface area contributed by atoms with Gasteiger partial charge in [0, 0.05) is 0 Å². The van der Waals surface area contributed by atoms with E-state index in [1.165, 1.54) is 38.5 Å². The summed E-state index contributed by atoms with van der Waals surface area (Å²) in [6.45, 7) is 9.67. The minimum Gasteiger partial charge on any atom is -0.286 e. The van der Waals surface area contributed by atoms with Gasteiger partial charge in [0.2, 0.25) is 0 Å². The van der Waals surface area contributed by atoms with Crippen molar-refractivity contribution in [2.45, 2.75) is 84.2 Å². The molecule has 0 bridgehead atoms. The summed E-state index contributed by atoms with van der Waals surface area (Å²) in [4.78, 5) is 0. The highest BCUT2D eigenvalue weighted by Gasteiger charge is 2.40. The molecule has 9 atom stereocenters. The summed E-state index contributed by atoms with van der Waals surface area (Å²) >= 11 is 6.53. The maximum absolute atomic E-state index is 6.53. The number of halogens is 1. The van der Waals surface area contributed by atoms with Crippen LogP contribution in [0.15, 0.2) is 0 Å². The molecule has 134 valence electrons. The highest BCUT2D eigenvalue weighted by molar-refractivity contribution is 6.20. The van der Waals surface area contributed by atoms with Gasteiger partial charge in [0.25, 0.3) is 0 Å². The standard InChI is InChI=1S/C19H36ClN3/c1-11-8-9-15(10-13(11)3)17-21-18(23-19(20)22-17)16-7-5-6-12(2)14(16)4/h11-19,21-23H,5-10H2,1-4H3. The van der Waals surface area contributed by atoms with Crippen LogP contribution in [0.4, 0.5) is 0 Å². The Hall–Kier alpha value is 0.170. The first-order valence-electron chi connectivity index (χ1n) is 9.88. The zero-order valence-electron chi connectivity index (χ0n) is 15.3. The first-order valence-corrected chi connectivity index (χ1v) is 10.3. The van der Waals surface area contributed by atoms with Crippen LogP contribution in [0.2, 0.25) is 0 Å². The normalized spacial score (nSPS) is 52.3. The van der Waals surface area contributed by atoms with Crippen molar-refractivity contribution < 1.29 is 0 Å². The summed E-state index contributed by atoms with van der Waals surface area (Å²) in [5.74, 6) is 4.70. The third-order valence-electron chi connectivity index (χ3n) is 7.32. The first-order chi connectivity index (χ1) is 11.0. The Bertz CT molecular complexity index is 391. The van der Waals surface area contributed by atoms with Gasteiger partial charge in [-0.1, -0.05) is 58.6 Å². The van der Waals surface area contributed by atoms with Crippen LogP contribution in [0.1, 0.15) is 66.2 Å².